The van der Waals surface area contributed by atoms with Gasteiger partial charge in [-0.1, -0.05) is 24.8 Å². The zero-order chi connectivity index (χ0) is 21.3. The number of allylic oxidation sites excluding steroid dienone is 1. The first-order valence-electron chi connectivity index (χ1n) is 9.29. The van der Waals surface area contributed by atoms with Crippen LogP contribution < -0.4 is 11.1 Å². The van der Waals surface area contributed by atoms with Gasteiger partial charge in [0, 0.05) is 34.3 Å². The maximum Gasteiger partial charge on any atom is 0.341 e. The molecular formula is C24H20N2O4. The molecule has 6 heteroatoms. The molecule has 1 aliphatic heterocycles. The number of rotatable bonds is 5. The molecule has 0 saturated heterocycles. The molecule has 1 heterocycles. The van der Waals surface area contributed by atoms with E-state index in [9.17, 15) is 4.79 Å². The molecule has 0 fully saturated rings. The van der Waals surface area contributed by atoms with Crippen molar-refractivity contribution in [1.82, 2.24) is 0 Å². The Morgan fingerprint density at radius 2 is 1.87 bits per heavy atom. The monoisotopic (exact) mass is 400 g/mol. The highest BCUT2D eigenvalue weighted by Gasteiger charge is 2.22. The van der Waals surface area contributed by atoms with Crippen LogP contribution in [0.5, 0.6) is 0 Å². The number of carbonyl (C=O) groups is 1. The third kappa shape index (κ3) is 3.63. The van der Waals surface area contributed by atoms with Gasteiger partial charge in [-0.2, -0.15) is 0 Å². The molecule has 0 amide bonds. The fourth-order valence-corrected chi connectivity index (χ4v) is 3.34. The normalized spacial score (nSPS) is 10.8. The van der Waals surface area contributed by atoms with E-state index in [1.165, 1.54) is 0 Å². The van der Waals surface area contributed by atoms with Crippen molar-refractivity contribution in [3.8, 4) is 22.5 Å². The van der Waals surface area contributed by atoms with Crippen LogP contribution >= 0.6 is 0 Å². The predicted octanol–water partition coefficient (Wildman–Crippen LogP) is 4.93. The van der Waals surface area contributed by atoms with Crippen LogP contribution in [0.15, 0.2) is 77.4 Å². The summed E-state index contributed by atoms with van der Waals surface area (Å²) in [4.78, 5) is 12.8. The van der Waals surface area contributed by atoms with Crippen molar-refractivity contribution in [3.63, 3.8) is 0 Å². The first kappa shape index (κ1) is 19.3. The summed E-state index contributed by atoms with van der Waals surface area (Å²) in [7, 11) is 0. The summed E-state index contributed by atoms with van der Waals surface area (Å²) in [6.45, 7) is 5.09. The number of esters is 1. The molecule has 2 aromatic carbocycles. The summed E-state index contributed by atoms with van der Waals surface area (Å²) in [6, 6.07) is 17.7. The van der Waals surface area contributed by atoms with E-state index in [0.717, 1.165) is 16.5 Å². The molecule has 150 valence electrons. The van der Waals surface area contributed by atoms with Crippen LogP contribution in [-0.2, 0) is 9.47 Å². The van der Waals surface area contributed by atoms with Crippen LogP contribution in [0.2, 0.25) is 0 Å². The average Bonchev–Trinajstić information content (AvgIpc) is 2.71. The first-order valence-corrected chi connectivity index (χ1v) is 9.29. The topological polar surface area (TPSA) is 98.5 Å². The van der Waals surface area contributed by atoms with Gasteiger partial charge in [0.2, 0.25) is 6.79 Å². The van der Waals surface area contributed by atoms with Crippen molar-refractivity contribution in [3.05, 3.63) is 83.9 Å². The Kier molecular flexibility index (Phi) is 4.98. The maximum absolute atomic E-state index is 12.8. The zero-order valence-corrected chi connectivity index (χ0v) is 16.4. The lowest BCUT2D eigenvalue weighted by Crippen LogP contribution is -2.10. The van der Waals surface area contributed by atoms with Gasteiger partial charge in [-0.25, -0.2) is 4.79 Å². The van der Waals surface area contributed by atoms with Crippen LogP contribution in [0.3, 0.4) is 0 Å². The number of hydrogen-bond acceptors (Lipinski definition) is 6. The third-order valence-corrected chi connectivity index (χ3v) is 4.66. The highest BCUT2D eigenvalue weighted by Crippen LogP contribution is 2.41. The lowest BCUT2D eigenvalue weighted by atomic mass is 9.91. The number of fused-ring (bicyclic) bond motifs is 2. The molecule has 4 rings (SSSR count). The van der Waals surface area contributed by atoms with Crippen molar-refractivity contribution in [2.45, 2.75) is 6.92 Å². The largest absolute Gasteiger partial charge is 0.463 e. The van der Waals surface area contributed by atoms with E-state index in [2.05, 4.69) is 6.58 Å². The minimum absolute atomic E-state index is 0.215. The number of benzene rings is 3. The Hall–Kier alpha value is -4.06. The highest BCUT2D eigenvalue weighted by atomic mass is 16.7. The Morgan fingerprint density at radius 3 is 2.67 bits per heavy atom. The molecule has 0 aromatic heterocycles. The molecule has 0 bridgehead atoms. The van der Waals surface area contributed by atoms with Crippen LogP contribution in [0, 0.1) is 5.41 Å². The molecule has 0 saturated carbocycles. The van der Waals surface area contributed by atoms with E-state index in [1.54, 1.807) is 43.3 Å². The molecule has 3 N–H and O–H groups in total. The Morgan fingerprint density at radius 1 is 1.07 bits per heavy atom. The van der Waals surface area contributed by atoms with Crippen molar-refractivity contribution >= 4 is 22.6 Å². The molecule has 0 spiro atoms. The number of hydrogen-bond donors (Lipinski definition) is 2. The summed E-state index contributed by atoms with van der Waals surface area (Å²) in [5.41, 5.74) is 9.74. The van der Waals surface area contributed by atoms with Crippen molar-refractivity contribution in [1.29, 1.82) is 5.41 Å². The van der Waals surface area contributed by atoms with Crippen LogP contribution in [0.25, 0.3) is 33.4 Å². The molecule has 2 aliphatic rings. The summed E-state index contributed by atoms with van der Waals surface area (Å²) >= 11 is 0. The number of ether oxygens (including phenoxy) is 2. The highest BCUT2D eigenvalue weighted by molar-refractivity contribution is 6.08. The fraction of sp³-hybridized carbons (Fsp3) is 0.0833. The molecule has 30 heavy (non-hydrogen) atoms. The van der Waals surface area contributed by atoms with E-state index in [4.69, 9.17) is 25.0 Å². The number of carbonyl (C=O) groups excluding carboxylic acids is 1. The molecular weight excluding hydrogens is 380 g/mol. The second-order valence-electron chi connectivity index (χ2n) is 6.89. The van der Waals surface area contributed by atoms with Crippen LogP contribution in [0.1, 0.15) is 17.3 Å². The quantitative estimate of drug-likeness (QED) is 0.163. The van der Waals surface area contributed by atoms with Gasteiger partial charge in [-0.15, -0.1) is 0 Å². The summed E-state index contributed by atoms with van der Waals surface area (Å²) < 4.78 is 16.4. The number of nitrogen functional groups attached to an aromatic ring is 1. The van der Waals surface area contributed by atoms with Crippen molar-refractivity contribution in [2.75, 3.05) is 12.5 Å². The number of anilines is 1. The van der Waals surface area contributed by atoms with Gasteiger partial charge < -0.3 is 25.0 Å². The number of nitrogens with one attached hydrogen (secondary N) is 1. The molecule has 6 nitrogen and oxygen atoms in total. The third-order valence-electron chi connectivity index (χ3n) is 4.66. The maximum atomic E-state index is 12.8. The summed E-state index contributed by atoms with van der Waals surface area (Å²) in [5.74, 6) is 0.479. The lowest BCUT2D eigenvalue weighted by Gasteiger charge is -2.17. The minimum Gasteiger partial charge on any atom is -0.463 e. The van der Waals surface area contributed by atoms with Crippen LogP contribution in [-0.4, -0.2) is 12.8 Å². The second kappa shape index (κ2) is 7.75. The Bertz CT molecular complexity index is 1310. The van der Waals surface area contributed by atoms with Gasteiger partial charge in [0.15, 0.2) is 0 Å². The molecule has 0 radical (unpaired) electrons. The molecule has 1 aliphatic carbocycles. The van der Waals surface area contributed by atoms with Crippen LogP contribution in [0.4, 0.5) is 5.69 Å². The Balaban J connectivity index is 1.94. The summed E-state index contributed by atoms with van der Waals surface area (Å²) in [5, 5.41) is 9.07. The van der Waals surface area contributed by atoms with E-state index in [1.807, 2.05) is 24.3 Å². The van der Waals surface area contributed by atoms with Gasteiger partial charge in [0.05, 0.1) is 16.7 Å². The van der Waals surface area contributed by atoms with Crippen molar-refractivity contribution in [2.24, 2.45) is 0 Å². The van der Waals surface area contributed by atoms with Gasteiger partial charge in [0.1, 0.15) is 11.3 Å². The molecule has 0 atom stereocenters. The second-order valence-corrected chi connectivity index (χ2v) is 6.89. The smallest absolute Gasteiger partial charge is 0.341 e. The molecule has 2 aromatic rings. The summed E-state index contributed by atoms with van der Waals surface area (Å²) in [6.07, 6.45) is 0. The van der Waals surface area contributed by atoms with Gasteiger partial charge in [-0.3, -0.25) is 0 Å². The SMILES string of the molecule is C=C(C)OCOC(=O)c1ccccc1-c1c2ccc(=N)cc-2oc2cc(N)ccc12. The predicted molar refractivity (Wildman–Crippen MR) is 115 cm³/mol. The number of nitrogens with two attached hydrogens (primary N) is 1. The van der Waals surface area contributed by atoms with E-state index in [0.29, 0.717) is 39.3 Å². The average molecular weight is 400 g/mol. The van der Waals surface area contributed by atoms with Gasteiger partial charge in [-0.05, 0) is 42.8 Å². The van der Waals surface area contributed by atoms with E-state index in [-0.39, 0.29) is 6.79 Å². The Labute approximate surface area is 173 Å². The van der Waals surface area contributed by atoms with E-state index < -0.39 is 5.97 Å². The standard InChI is InChI=1S/C24H20N2O4/c1-14(2)28-13-29-24(27)18-6-4-3-5-17(18)23-19-9-7-15(25)11-21(19)30-22-12-16(26)8-10-20(22)23/h3-12,25H,1,13,26H2,2H3. The van der Waals surface area contributed by atoms with Gasteiger partial charge >= 0.3 is 5.97 Å². The minimum atomic E-state index is -0.513. The van der Waals surface area contributed by atoms with E-state index >= 15 is 0 Å². The van der Waals surface area contributed by atoms with Crippen molar-refractivity contribution < 1.29 is 18.7 Å². The zero-order valence-electron chi connectivity index (χ0n) is 16.4. The first-order chi connectivity index (χ1) is 14.4. The fourth-order valence-electron chi connectivity index (χ4n) is 3.34. The molecule has 0 unspecified atom stereocenters. The lowest BCUT2D eigenvalue weighted by molar-refractivity contribution is -0.00644. The van der Waals surface area contributed by atoms with Gasteiger partial charge in [0.25, 0.3) is 0 Å².